The molecule has 2 aromatic carbocycles. The summed E-state index contributed by atoms with van der Waals surface area (Å²) in [4.78, 5) is 15.7. The Kier molecular flexibility index (Phi) is 3.94. The zero-order valence-electron chi connectivity index (χ0n) is 12.3. The van der Waals surface area contributed by atoms with Crippen LogP contribution in [0.25, 0.3) is 10.2 Å². The van der Waals surface area contributed by atoms with Crippen LogP contribution in [-0.2, 0) is 0 Å². The summed E-state index contributed by atoms with van der Waals surface area (Å²) in [6.45, 7) is 1.79. The molecule has 3 aromatic rings. The molecule has 0 aliphatic heterocycles. The first kappa shape index (κ1) is 15.0. The van der Waals surface area contributed by atoms with Gasteiger partial charge < -0.3 is 10.8 Å². The molecule has 0 aliphatic carbocycles. The third kappa shape index (κ3) is 3.14. The lowest BCUT2D eigenvalue weighted by Crippen LogP contribution is -2.12. The van der Waals surface area contributed by atoms with E-state index in [0.29, 0.717) is 16.4 Å². The minimum atomic E-state index is -0.684. The van der Waals surface area contributed by atoms with Crippen LogP contribution < -0.4 is 11.2 Å². The molecule has 23 heavy (non-hydrogen) atoms. The number of aromatic hydroxyl groups is 1. The molecule has 1 heterocycles. The van der Waals surface area contributed by atoms with Crippen LogP contribution in [-0.4, -0.2) is 21.7 Å². The summed E-state index contributed by atoms with van der Waals surface area (Å²) in [6.07, 6.45) is 0. The summed E-state index contributed by atoms with van der Waals surface area (Å²) in [6, 6.07) is 12.4. The van der Waals surface area contributed by atoms with Crippen LogP contribution in [0.2, 0.25) is 0 Å². The van der Waals surface area contributed by atoms with Crippen LogP contribution in [0, 0.1) is 0 Å². The van der Waals surface area contributed by atoms with Crippen LogP contribution in [0.15, 0.2) is 47.6 Å². The van der Waals surface area contributed by atoms with Gasteiger partial charge in [-0.15, -0.1) is 0 Å². The smallest absolute Gasteiger partial charge is 0.252 e. The topological polar surface area (TPSA) is 101 Å². The van der Waals surface area contributed by atoms with Crippen molar-refractivity contribution >= 4 is 38.3 Å². The van der Waals surface area contributed by atoms with Gasteiger partial charge in [-0.3, -0.25) is 10.2 Å². The summed E-state index contributed by atoms with van der Waals surface area (Å²) < 4.78 is 1.07. The van der Waals surface area contributed by atoms with Crippen molar-refractivity contribution in [2.45, 2.75) is 6.92 Å². The molecule has 0 atom stereocenters. The molecule has 0 aliphatic rings. The van der Waals surface area contributed by atoms with E-state index in [4.69, 9.17) is 5.73 Å². The van der Waals surface area contributed by atoms with E-state index in [1.807, 2.05) is 24.3 Å². The lowest BCUT2D eigenvalue weighted by Gasteiger charge is -2.05. The van der Waals surface area contributed by atoms with E-state index < -0.39 is 5.91 Å². The minimum Gasteiger partial charge on any atom is -0.507 e. The van der Waals surface area contributed by atoms with E-state index in [1.165, 1.54) is 23.5 Å². The van der Waals surface area contributed by atoms with Gasteiger partial charge in [0.05, 0.1) is 21.5 Å². The Morgan fingerprint density at radius 2 is 2.09 bits per heavy atom. The van der Waals surface area contributed by atoms with Crippen molar-refractivity contribution in [2.24, 2.45) is 10.8 Å². The Morgan fingerprint density at radius 3 is 2.83 bits per heavy atom. The fraction of sp³-hybridized carbons (Fsp3) is 0.0625. The van der Waals surface area contributed by atoms with E-state index in [1.54, 1.807) is 13.0 Å². The predicted octanol–water partition coefficient (Wildman–Crippen LogP) is 2.94. The predicted molar refractivity (Wildman–Crippen MR) is 92.1 cm³/mol. The van der Waals surface area contributed by atoms with Gasteiger partial charge in [0.2, 0.25) is 5.13 Å². The van der Waals surface area contributed by atoms with E-state index >= 15 is 0 Å². The second-order valence-corrected chi connectivity index (χ2v) is 5.92. The number of thiazole rings is 1. The van der Waals surface area contributed by atoms with Crippen molar-refractivity contribution in [1.82, 2.24) is 4.98 Å². The average molecular weight is 326 g/mol. The summed E-state index contributed by atoms with van der Waals surface area (Å²) >= 11 is 1.50. The number of amides is 1. The highest BCUT2D eigenvalue weighted by Crippen LogP contribution is 2.25. The normalized spacial score (nSPS) is 11.6. The number of aromatic nitrogens is 1. The van der Waals surface area contributed by atoms with Crippen molar-refractivity contribution in [2.75, 3.05) is 5.43 Å². The number of nitrogens with one attached hydrogen (secondary N) is 1. The standard InChI is InChI=1S/C16H14N4O2S/c1-9(10-6-7-13(21)11(8-10)15(17)22)19-20-16-18-12-4-2-3-5-14(12)23-16/h2-8,21H,1H3,(H2,17,22)(H,18,20)/b19-9+. The van der Waals surface area contributed by atoms with Gasteiger partial charge in [0.15, 0.2) is 0 Å². The first-order valence-electron chi connectivity index (χ1n) is 6.83. The monoisotopic (exact) mass is 326 g/mol. The summed E-state index contributed by atoms with van der Waals surface area (Å²) in [5, 5.41) is 14.6. The molecule has 0 saturated carbocycles. The number of fused-ring (bicyclic) bond motifs is 1. The molecule has 0 spiro atoms. The third-order valence-electron chi connectivity index (χ3n) is 3.29. The van der Waals surface area contributed by atoms with Crippen molar-refractivity contribution < 1.29 is 9.90 Å². The molecular weight excluding hydrogens is 312 g/mol. The molecule has 1 aromatic heterocycles. The number of nitrogens with two attached hydrogens (primary N) is 1. The highest BCUT2D eigenvalue weighted by Gasteiger charge is 2.10. The van der Waals surface area contributed by atoms with Crippen LogP contribution in [0.1, 0.15) is 22.8 Å². The van der Waals surface area contributed by atoms with Gasteiger partial charge in [0.1, 0.15) is 5.75 Å². The van der Waals surface area contributed by atoms with Gasteiger partial charge in [-0.25, -0.2) is 4.98 Å². The summed E-state index contributed by atoms with van der Waals surface area (Å²) in [5.74, 6) is -0.829. The number of benzene rings is 2. The number of primary amides is 1. The molecular formula is C16H14N4O2S. The van der Waals surface area contributed by atoms with Crippen LogP contribution in [0.5, 0.6) is 5.75 Å². The Bertz CT molecular complexity index is 884. The third-order valence-corrected chi connectivity index (χ3v) is 4.23. The van der Waals surface area contributed by atoms with Crippen LogP contribution in [0.4, 0.5) is 5.13 Å². The Hall–Kier alpha value is -2.93. The van der Waals surface area contributed by atoms with Crippen LogP contribution in [0.3, 0.4) is 0 Å². The Balaban J connectivity index is 1.84. The molecule has 0 bridgehead atoms. The Labute approximate surface area is 136 Å². The summed E-state index contributed by atoms with van der Waals surface area (Å²) in [5.41, 5.74) is 10.4. The number of anilines is 1. The average Bonchev–Trinajstić information content (AvgIpc) is 2.95. The van der Waals surface area contributed by atoms with Crippen molar-refractivity contribution in [1.29, 1.82) is 0 Å². The van der Waals surface area contributed by atoms with Crippen molar-refractivity contribution in [3.05, 3.63) is 53.6 Å². The van der Waals surface area contributed by atoms with Crippen molar-refractivity contribution in [3.8, 4) is 5.75 Å². The first-order valence-corrected chi connectivity index (χ1v) is 7.65. The molecule has 0 saturated heterocycles. The molecule has 7 heteroatoms. The van der Waals surface area contributed by atoms with Gasteiger partial charge in [-0.1, -0.05) is 23.5 Å². The zero-order chi connectivity index (χ0) is 16.4. The SMILES string of the molecule is C/C(=N\Nc1nc2ccccc2s1)c1ccc(O)c(C(N)=O)c1. The number of hydrogen-bond acceptors (Lipinski definition) is 6. The summed E-state index contributed by atoms with van der Waals surface area (Å²) in [7, 11) is 0. The second kappa shape index (κ2) is 6.05. The number of rotatable bonds is 4. The fourth-order valence-electron chi connectivity index (χ4n) is 2.07. The maximum Gasteiger partial charge on any atom is 0.252 e. The molecule has 1 amide bonds. The van der Waals surface area contributed by atoms with E-state index in [2.05, 4.69) is 15.5 Å². The van der Waals surface area contributed by atoms with Crippen LogP contribution >= 0.6 is 11.3 Å². The second-order valence-electron chi connectivity index (χ2n) is 4.89. The molecule has 0 radical (unpaired) electrons. The number of para-hydroxylation sites is 1. The van der Waals surface area contributed by atoms with E-state index in [9.17, 15) is 9.90 Å². The number of carbonyl (C=O) groups is 1. The number of nitrogens with zero attached hydrogens (tertiary/aromatic N) is 2. The van der Waals surface area contributed by atoms with Gasteiger partial charge in [0, 0.05) is 0 Å². The lowest BCUT2D eigenvalue weighted by molar-refractivity contribution is 0.0998. The van der Waals surface area contributed by atoms with Gasteiger partial charge in [-0.2, -0.15) is 5.10 Å². The fourth-order valence-corrected chi connectivity index (χ4v) is 2.88. The molecule has 6 nitrogen and oxygen atoms in total. The quantitative estimate of drug-likeness (QED) is 0.507. The number of hydrogen-bond donors (Lipinski definition) is 3. The first-order chi connectivity index (χ1) is 11.0. The highest BCUT2D eigenvalue weighted by molar-refractivity contribution is 7.22. The van der Waals surface area contributed by atoms with Crippen molar-refractivity contribution in [3.63, 3.8) is 0 Å². The van der Waals surface area contributed by atoms with E-state index in [0.717, 1.165) is 10.2 Å². The maximum atomic E-state index is 11.3. The van der Waals surface area contributed by atoms with Gasteiger partial charge in [-0.05, 0) is 42.8 Å². The zero-order valence-corrected chi connectivity index (χ0v) is 13.1. The maximum absolute atomic E-state index is 11.3. The molecule has 116 valence electrons. The molecule has 4 N–H and O–H groups in total. The van der Waals surface area contributed by atoms with Gasteiger partial charge in [0.25, 0.3) is 5.91 Å². The minimum absolute atomic E-state index is 0.0667. The van der Waals surface area contributed by atoms with Gasteiger partial charge >= 0.3 is 0 Å². The number of carbonyl (C=O) groups excluding carboxylic acids is 1. The Morgan fingerprint density at radius 1 is 1.30 bits per heavy atom. The lowest BCUT2D eigenvalue weighted by atomic mass is 10.1. The molecule has 0 unspecified atom stereocenters. The molecule has 3 rings (SSSR count). The highest BCUT2D eigenvalue weighted by atomic mass is 32.1. The number of phenols is 1. The largest absolute Gasteiger partial charge is 0.507 e. The van der Waals surface area contributed by atoms with E-state index in [-0.39, 0.29) is 11.3 Å². The number of hydrazone groups is 1. The molecule has 0 fully saturated rings.